The Morgan fingerprint density at radius 2 is 2.19 bits per heavy atom. The van der Waals surface area contributed by atoms with Crippen LogP contribution in [0.4, 0.5) is 0 Å². The van der Waals surface area contributed by atoms with Crippen LogP contribution in [0.1, 0.15) is 19.8 Å². The van der Waals surface area contributed by atoms with Crippen LogP contribution in [0.3, 0.4) is 0 Å². The van der Waals surface area contributed by atoms with Crippen LogP contribution in [-0.2, 0) is 9.53 Å². The third-order valence-electron chi connectivity index (χ3n) is 3.00. The number of rotatable bonds is 5. The van der Waals surface area contributed by atoms with Gasteiger partial charge in [-0.15, -0.1) is 0 Å². The monoisotopic (exact) mass is 227 g/mol. The second-order valence-corrected chi connectivity index (χ2v) is 4.59. The van der Waals surface area contributed by atoms with E-state index in [1.165, 1.54) is 7.11 Å². The van der Waals surface area contributed by atoms with E-state index in [0.29, 0.717) is 11.5 Å². The molecule has 0 aliphatic heterocycles. The SMILES string of the molecule is COC(=O)C(C)=CCN(C)CC1CC(O)C1. The topological polar surface area (TPSA) is 49.8 Å². The molecular weight excluding hydrogens is 206 g/mol. The van der Waals surface area contributed by atoms with E-state index in [1.807, 2.05) is 13.1 Å². The Bertz CT molecular complexity index is 269. The average Bonchev–Trinajstić information content (AvgIpc) is 2.22. The lowest BCUT2D eigenvalue weighted by Gasteiger charge is -2.34. The first-order chi connectivity index (χ1) is 7.52. The normalized spacial score (nSPS) is 25.4. The van der Waals surface area contributed by atoms with Crippen LogP contribution in [0.2, 0.25) is 0 Å². The molecule has 1 fully saturated rings. The van der Waals surface area contributed by atoms with Crippen LogP contribution >= 0.6 is 0 Å². The fourth-order valence-electron chi connectivity index (χ4n) is 1.90. The van der Waals surface area contributed by atoms with Crippen molar-refractivity contribution in [2.24, 2.45) is 5.92 Å². The quantitative estimate of drug-likeness (QED) is 0.558. The van der Waals surface area contributed by atoms with E-state index in [-0.39, 0.29) is 12.1 Å². The summed E-state index contributed by atoms with van der Waals surface area (Å²) in [6.45, 7) is 3.47. The van der Waals surface area contributed by atoms with Gasteiger partial charge in [0.15, 0.2) is 0 Å². The summed E-state index contributed by atoms with van der Waals surface area (Å²) in [5.74, 6) is 0.333. The van der Waals surface area contributed by atoms with Crippen molar-refractivity contribution < 1.29 is 14.6 Å². The molecule has 16 heavy (non-hydrogen) atoms. The third-order valence-corrected chi connectivity index (χ3v) is 3.00. The largest absolute Gasteiger partial charge is 0.466 e. The molecule has 92 valence electrons. The zero-order chi connectivity index (χ0) is 12.1. The summed E-state index contributed by atoms with van der Waals surface area (Å²) >= 11 is 0. The van der Waals surface area contributed by atoms with Crippen molar-refractivity contribution in [2.75, 3.05) is 27.2 Å². The van der Waals surface area contributed by atoms with Crippen molar-refractivity contribution in [3.05, 3.63) is 11.6 Å². The smallest absolute Gasteiger partial charge is 0.333 e. The number of ether oxygens (including phenoxy) is 1. The molecule has 0 atom stereocenters. The number of hydrogen-bond donors (Lipinski definition) is 1. The molecule has 0 aromatic rings. The predicted octanol–water partition coefficient (Wildman–Crippen LogP) is 0.808. The predicted molar refractivity (Wildman–Crippen MR) is 62.0 cm³/mol. The van der Waals surface area contributed by atoms with Gasteiger partial charge < -0.3 is 14.7 Å². The van der Waals surface area contributed by atoms with Gasteiger partial charge in [-0.1, -0.05) is 6.08 Å². The summed E-state index contributed by atoms with van der Waals surface area (Å²) < 4.78 is 4.61. The number of aliphatic hydroxyl groups excluding tert-OH is 1. The lowest BCUT2D eigenvalue weighted by molar-refractivity contribution is -0.136. The second-order valence-electron chi connectivity index (χ2n) is 4.59. The van der Waals surface area contributed by atoms with E-state index in [4.69, 9.17) is 5.11 Å². The van der Waals surface area contributed by atoms with E-state index in [9.17, 15) is 4.79 Å². The Morgan fingerprint density at radius 3 is 2.69 bits per heavy atom. The van der Waals surface area contributed by atoms with Crippen molar-refractivity contribution in [3.8, 4) is 0 Å². The van der Waals surface area contributed by atoms with Crippen LogP contribution in [0.25, 0.3) is 0 Å². The van der Waals surface area contributed by atoms with Crippen LogP contribution < -0.4 is 0 Å². The first kappa shape index (κ1) is 13.2. The van der Waals surface area contributed by atoms with Crippen LogP contribution in [0.5, 0.6) is 0 Å². The van der Waals surface area contributed by atoms with Crippen molar-refractivity contribution in [3.63, 3.8) is 0 Å². The number of methoxy groups -OCH3 is 1. The highest BCUT2D eigenvalue weighted by Crippen LogP contribution is 2.27. The minimum absolute atomic E-state index is 0.0919. The van der Waals surface area contributed by atoms with Gasteiger partial charge in [-0.3, -0.25) is 0 Å². The van der Waals surface area contributed by atoms with Crippen LogP contribution in [-0.4, -0.2) is 49.3 Å². The molecule has 1 N–H and O–H groups in total. The lowest BCUT2D eigenvalue weighted by Crippen LogP contribution is -2.37. The van der Waals surface area contributed by atoms with Gasteiger partial charge in [0, 0.05) is 18.7 Å². The van der Waals surface area contributed by atoms with E-state index >= 15 is 0 Å². The summed E-state index contributed by atoms with van der Waals surface area (Å²) in [6, 6.07) is 0. The van der Waals surface area contributed by atoms with E-state index < -0.39 is 0 Å². The Kier molecular flexibility index (Phi) is 4.96. The first-order valence-electron chi connectivity index (χ1n) is 5.64. The Balaban J connectivity index is 2.23. The highest BCUT2D eigenvalue weighted by molar-refractivity contribution is 5.87. The third kappa shape index (κ3) is 3.94. The van der Waals surface area contributed by atoms with Crippen molar-refractivity contribution in [1.82, 2.24) is 4.90 Å². The number of nitrogens with zero attached hydrogens (tertiary/aromatic N) is 1. The molecule has 0 bridgehead atoms. The molecular formula is C12H21NO3. The minimum atomic E-state index is -0.271. The molecule has 0 heterocycles. The maximum Gasteiger partial charge on any atom is 0.333 e. The van der Waals surface area contributed by atoms with Crippen molar-refractivity contribution in [1.29, 1.82) is 0 Å². The maximum absolute atomic E-state index is 11.1. The van der Waals surface area contributed by atoms with Gasteiger partial charge in [0.2, 0.25) is 0 Å². The molecule has 1 aliphatic carbocycles. The highest BCUT2D eigenvalue weighted by atomic mass is 16.5. The molecule has 0 aromatic carbocycles. The molecule has 0 unspecified atom stereocenters. The van der Waals surface area contributed by atoms with Gasteiger partial charge in [0.05, 0.1) is 13.2 Å². The van der Waals surface area contributed by atoms with Gasteiger partial charge in [-0.25, -0.2) is 4.79 Å². The number of aliphatic hydroxyl groups is 1. The second kappa shape index (κ2) is 6.01. The van der Waals surface area contributed by atoms with Gasteiger partial charge >= 0.3 is 5.97 Å². The number of carbonyl (C=O) groups excluding carboxylic acids is 1. The molecule has 4 nitrogen and oxygen atoms in total. The summed E-state index contributed by atoms with van der Waals surface area (Å²) in [4.78, 5) is 13.3. The Morgan fingerprint density at radius 1 is 1.56 bits per heavy atom. The standard InChI is InChI=1S/C12H21NO3/c1-9(12(15)16-3)4-5-13(2)8-10-6-11(14)7-10/h4,10-11,14H,5-8H2,1-3H3. The van der Waals surface area contributed by atoms with Crippen LogP contribution in [0, 0.1) is 5.92 Å². The highest BCUT2D eigenvalue weighted by Gasteiger charge is 2.27. The molecule has 0 radical (unpaired) electrons. The summed E-state index contributed by atoms with van der Waals surface area (Å²) in [7, 11) is 3.41. The Labute approximate surface area is 96.9 Å². The molecule has 1 rings (SSSR count). The van der Waals surface area contributed by atoms with Gasteiger partial charge in [0.1, 0.15) is 0 Å². The zero-order valence-electron chi connectivity index (χ0n) is 10.3. The van der Waals surface area contributed by atoms with Gasteiger partial charge in [0.25, 0.3) is 0 Å². The van der Waals surface area contributed by atoms with Crippen molar-refractivity contribution >= 4 is 5.97 Å². The van der Waals surface area contributed by atoms with E-state index in [2.05, 4.69) is 9.64 Å². The number of likely N-dealkylation sites (N-methyl/N-ethyl adjacent to an activating group) is 1. The summed E-state index contributed by atoms with van der Waals surface area (Å²) in [5, 5.41) is 9.16. The number of hydrogen-bond acceptors (Lipinski definition) is 4. The zero-order valence-corrected chi connectivity index (χ0v) is 10.3. The van der Waals surface area contributed by atoms with Gasteiger partial charge in [-0.05, 0) is 32.7 Å². The molecule has 0 amide bonds. The van der Waals surface area contributed by atoms with Gasteiger partial charge in [-0.2, -0.15) is 0 Å². The Hall–Kier alpha value is -0.870. The maximum atomic E-state index is 11.1. The lowest BCUT2D eigenvalue weighted by atomic mass is 9.82. The fraction of sp³-hybridized carbons (Fsp3) is 0.750. The molecule has 0 saturated heterocycles. The number of carbonyl (C=O) groups is 1. The minimum Gasteiger partial charge on any atom is -0.466 e. The first-order valence-corrected chi connectivity index (χ1v) is 5.64. The van der Waals surface area contributed by atoms with E-state index in [1.54, 1.807) is 6.92 Å². The van der Waals surface area contributed by atoms with Crippen molar-refractivity contribution in [2.45, 2.75) is 25.9 Å². The summed E-state index contributed by atoms with van der Waals surface area (Å²) in [6.07, 6.45) is 3.60. The van der Waals surface area contributed by atoms with Crippen LogP contribution in [0.15, 0.2) is 11.6 Å². The molecule has 1 saturated carbocycles. The molecule has 1 aliphatic rings. The molecule has 0 spiro atoms. The fourth-order valence-corrected chi connectivity index (χ4v) is 1.90. The molecule has 4 heteroatoms. The van der Waals surface area contributed by atoms with E-state index in [0.717, 1.165) is 25.9 Å². The number of esters is 1. The summed E-state index contributed by atoms with van der Waals surface area (Å²) in [5.41, 5.74) is 0.642. The average molecular weight is 227 g/mol. The molecule has 0 aromatic heterocycles.